The van der Waals surface area contributed by atoms with Crippen LogP contribution < -0.4 is 0 Å². The van der Waals surface area contributed by atoms with Crippen molar-refractivity contribution in [3.63, 3.8) is 0 Å². The predicted molar refractivity (Wildman–Crippen MR) is 60.2 cm³/mol. The van der Waals surface area contributed by atoms with Gasteiger partial charge in [-0.2, -0.15) is 0 Å². The van der Waals surface area contributed by atoms with Crippen molar-refractivity contribution in [3.8, 4) is 0 Å². The molecule has 1 aromatic carbocycles. The van der Waals surface area contributed by atoms with Gasteiger partial charge in [-0.15, -0.1) is 0 Å². The molecule has 0 radical (unpaired) electrons. The highest BCUT2D eigenvalue weighted by atomic mass is 19.1. The third-order valence-electron chi connectivity index (χ3n) is 2.42. The van der Waals surface area contributed by atoms with Crippen molar-refractivity contribution in [2.24, 2.45) is 5.92 Å². The Bertz CT molecular complexity index is 279. The van der Waals surface area contributed by atoms with Gasteiger partial charge in [-0.3, -0.25) is 0 Å². The summed E-state index contributed by atoms with van der Waals surface area (Å²) in [4.78, 5) is 0. The summed E-state index contributed by atoms with van der Waals surface area (Å²) in [7, 11) is 0. The average Bonchev–Trinajstić information content (AvgIpc) is 2.16. The Balaban J connectivity index is 2.33. The standard InChI is InChI=1S/C13H19FO/c1-10(2)9-13(15)8-5-11-3-6-12(14)7-4-11/h3-4,6-7,10,13,15H,5,8-9H2,1-2H3. The van der Waals surface area contributed by atoms with Gasteiger partial charge in [0.1, 0.15) is 5.82 Å². The third kappa shape index (κ3) is 4.93. The van der Waals surface area contributed by atoms with Gasteiger partial charge in [0.05, 0.1) is 6.10 Å². The van der Waals surface area contributed by atoms with E-state index in [9.17, 15) is 9.50 Å². The van der Waals surface area contributed by atoms with E-state index in [4.69, 9.17) is 0 Å². The van der Waals surface area contributed by atoms with Crippen LogP contribution in [0.2, 0.25) is 0 Å². The molecule has 1 nitrogen and oxygen atoms in total. The molecule has 1 unspecified atom stereocenters. The first kappa shape index (κ1) is 12.2. The van der Waals surface area contributed by atoms with Crippen LogP contribution >= 0.6 is 0 Å². The van der Waals surface area contributed by atoms with E-state index in [0.29, 0.717) is 5.92 Å². The second kappa shape index (κ2) is 5.86. The van der Waals surface area contributed by atoms with Crippen LogP contribution in [0.4, 0.5) is 4.39 Å². The molecule has 0 aliphatic rings. The first-order chi connectivity index (χ1) is 7.08. The number of halogens is 1. The zero-order valence-corrected chi connectivity index (χ0v) is 9.41. The average molecular weight is 210 g/mol. The van der Waals surface area contributed by atoms with E-state index >= 15 is 0 Å². The fourth-order valence-corrected chi connectivity index (χ4v) is 1.65. The predicted octanol–water partition coefficient (Wildman–Crippen LogP) is 3.17. The molecule has 0 bridgehead atoms. The second-order valence-electron chi connectivity index (χ2n) is 4.45. The molecule has 0 amide bonds. The van der Waals surface area contributed by atoms with Crippen molar-refractivity contribution in [1.82, 2.24) is 0 Å². The minimum atomic E-state index is -0.241. The number of rotatable bonds is 5. The molecule has 1 rings (SSSR count). The van der Waals surface area contributed by atoms with Crippen LogP contribution in [0.25, 0.3) is 0 Å². The summed E-state index contributed by atoms with van der Waals surface area (Å²) in [5, 5.41) is 9.66. The van der Waals surface area contributed by atoms with E-state index in [1.165, 1.54) is 12.1 Å². The van der Waals surface area contributed by atoms with Gasteiger partial charge in [-0.1, -0.05) is 26.0 Å². The highest BCUT2D eigenvalue weighted by Gasteiger charge is 2.06. The Labute approximate surface area is 90.9 Å². The molecule has 0 saturated carbocycles. The number of aliphatic hydroxyl groups is 1. The van der Waals surface area contributed by atoms with Gasteiger partial charge in [0, 0.05) is 0 Å². The van der Waals surface area contributed by atoms with Crippen molar-refractivity contribution in [2.45, 2.75) is 39.2 Å². The Kier molecular flexibility index (Phi) is 4.76. The topological polar surface area (TPSA) is 20.2 Å². The molecule has 0 aliphatic carbocycles. The molecule has 0 spiro atoms. The van der Waals surface area contributed by atoms with Crippen molar-refractivity contribution in [1.29, 1.82) is 0 Å². The number of aliphatic hydroxyl groups excluding tert-OH is 1. The van der Waals surface area contributed by atoms with Crippen LogP contribution in [0, 0.1) is 11.7 Å². The normalized spacial score (nSPS) is 13.1. The number of benzene rings is 1. The number of aryl methyl sites for hydroxylation is 1. The lowest BCUT2D eigenvalue weighted by Crippen LogP contribution is -2.11. The molecule has 1 atom stereocenters. The van der Waals surface area contributed by atoms with Crippen molar-refractivity contribution >= 4 is 0 Å². The number of hydrogen-bond acceptors (Lipinski definition) is 1. The molecular formula is C13H19FO. The molecular weight excluding hydrogens is 191 g/mol. The van der Waals surface area contributed by atoms with Crippen molar-refractivity contribution in [2.75, 3.05) is 0 Å². The van der Waals surface area contributed by atoms with Gasteiger partial charge >= 0.3 is 0 Å². The summed E-state index contributed by atoms with van der Waals surface area (Å²) < 4.78 is 12.6. The van der Waals surface area contributed by atoms with E-state index in [1.807, 2.05) is 0 Å². The Morgan fingerprint density at radius 2 is 1.80 bits per heavy atom. The summed E-state index contributed by atoms with van der Waals surface area (Å²) in [6, 6.07) is 6.48. The third-order valence-corrected chi connectivity index (χ3v) is 2.42. The largest absolute Gasteiger partial charge is 0.393 e. The zero-order chi connectivity index (χ0) is 11.3. The highest BCUT2D eigenvalue weighted by molar-refractivity contribution is 5.16. The lowest BCUT2D eigenvalue weighted by Gasteiger charge is -2.12. The summed E-state index contributed by atoms with van der Waals surface area (Å²) in [5.41, 5.74) is 1.08. The van der Waals surface area contributed by atoms with Crippen LogP contribution in [-0.4, -0.2) is 11.2 Å². The van der Waals surface area contributed by atoms with Crippen LogP contribution in [0.1, 0.15) is 32.3 Å². The van der Waals surface area contributed by atoms with E-state index in [0.717, 1.165) is 24.8 Å². The molecule has 0 saturated heterocycles. The van der Waals surface area contributed by atoms with E-state index in [1.54, 1.807) is 12.1 Å². The van der Waals surface area contributed by atoms with Gasteiger partial charge in [-0.25, -0.2) is 4.39 Å². The van der Waals surface area contributed by atoms with E-state index in [-0.39, 0.29) is 11.9 Å². The maximum atomic E-state index is 12.6. The first-order valence-corrected chi connectivity index (χ1v) is 5.50. The molecule has 2 heteroatoms. The van der Waals surface area contributed by atoms with E-state index < -0.39 is 0 Å². The first-order valence-electron chi connectivity index (χ1n) is 5.50. The highest BCUT2D eigenvalue weighted by Crippen LogP contribution is 2.12. The van der Waals surface area contributed by atoms with Crippen LogP contribution in [-0.2, 0) is 6.42 Å². The summed E-state index contributed by atoms with van der Waals surface area (Å²) in [5.74, 6) is 0.315. The molecule has 0 aromatic heterocycles. The fourth-order valence-electron chi connectivity index (χ4n) is 1.65. The van der Waals surface area contributed by atoms with Gasteiger partial charge in [0.15, 0.2) is 0 Å². The second-order valence-corrected chi connectivity index (χ2v) is 4.45. The summed E-state index contributed by atoms with van der Waals surface area (Å²) >= 11 is 0. The minimum Gasteiger partial charge on any atom is -0.393 e. The fraction of sp³-hybridized carbons (Fsp3) is 0.538. The SMILES string of the molecule is CC(C)CC(O)CCc1ccc(F)cc1. The maximum absolute atomic E-state index is 12.6. The molecule has 0 heterocycles. The van der Waals surface area contributed by atoms with Crippen LogP contribution in [0.3, 0.4) is 0 Å². The van der Waals surface area contributed by atoms with Crippen molar-refractivity contribution < 1.29 is 9.50 Å². The smallest absolute Gasteiger partial charge is 0.123 e. The summed E-state index contributed by atoms with van der Waals surface area (Å²) in [6.07, 6.45) is 2.16. The lowest BCUT2D eigenvalue weighted by atomic mass is 10.00. The maximum Gasteiger partial charge on any atom is 0.123 e. The molecule has 1 aromatic rings. The van der Waals surface area contributed by atoms with Crippen molar-refractivity contribution in [3.05, 3.63) is 35.6 Å². The molecule has 1 N–H and O–H groups in total. The van der Waals surface area contributed by atoms with Crippen LogP contribution in [0.15, 0.2) is 24.3 Å². The monoisotopic (exact) mass is 210 g/mol. The molecule has 84 valence electrons. The Hall–Kier alpha value is -0.890. The van der Waals surface area contributed by atoms with E-state index in [2.05, 4.69) is 13.8 Å². The molecule has 0 aliphatic heterocycles. The summed E-state index contributed by atoms with van der Waals surface area (Å²) in [6.45, 7) is 4.20. The van der Waals surface area contributed by atoms with Gasteiger partial charge in [0.2, 0.25) is 0 Å². The Morgan fingerprint density at radius 3 is 2.33 bits per heavy atom. The van der Waals surface area contributed by atoms with Crippen LogP contribution in [0.5, 0.6) is 0 Å². The molecule has 0 fully saturated rings. The lowest BCUT2D eigenvalue weighted by molar-refractivity contribution is 0.140. The minimum absolute atomic E-state index is 0.207. The van der Waals surface area contributed by atoms with Gasteiger partial charge in [0.25, 0.3) is 0 Å². The Morgan fingerprint density at radius 1 is 1.20 bits per heavy atom. The van der Waals surface area contributed by atoms with Gasteiger partial charge < -0.3 is 5.11 Å². The van der Waals surface area contributed by atoms with Gasteiger partial charge in [-0.05, 0) is 42.9 Å². The quantitative estimate of drug-likeness (QED) is 0.791. The number of hydrogen-bond donors (Lipinski definition) is 1. The zero-order valence-electron chi connectivity index (χ0n) is 9.41. The molecule has 15 heavy (non-hydrogen) atoms.